The van der Waals surface area contributed by atoms with Crippen molar-refractivity contribution in [3.63, 3.8) is 0 Å². The fraction of sp³-hybridized carbons (Fsp3) is 0.481. The van der Waals surface area contributed by atoms with E-state index in [9.17, 15) is 0 Å². The minimum absolute atomic E-state index is 0.251. The summed E-state index contributed by atoms with van der Waals surface area (Å²) in [5, 5.41) is 0. The summed E-state index contributed by atoms with van der Waals surface area (Å²) in [5.41, 5.74) is 3.36. The lowest BCUT2D eigenvalue weighted by Crippen LogP contribution is -2.67. The molecular formula is C27H34O6. The van der Waals surface area contributed by atoms with Gasteiger partial charge in [-0.05, 0) is 37.0 Å². The predicted octanol–water partition coefficient (Wildman–Crippen LogP) is 4.63. The number of fused-ring (bicyclic) bond motifs is 1. The Balaban J connectivity index is 1.51. The summed E-state index contributed by atoms with van der Waals surface area (Å²) in [7, 11) is 3.20. The second-order valence-electron chi connectivity index (χ2n) is 8.81. The molecule has 4 rings (SSSR count). The van der Waals surface area contributed by atoms with Gasteiger partial charge in [-0.1, -0.05) is 66.7 Å². The van der Waals surface area contributed by atoms with Gasteiger partial charge in [0.1, 0.15) is 12.2 Å². The number of ether oxygens (including phenoxy) is 6. The molecule has 0 unspecified atom stereocenters. The molecule has 33 heavy (non-hydrogen) atoms. The van der Waals surface area contributed by atoms with Crippen LogP contribution in [0.4, 0.5) is 0 Å². The van der Waals surface area contributed by atoms with Crippen LogP contribution in [0.2, 0.25) is 0 Å². The predicted molar refractivity (Wildman–Crippen MR) is 124 cm³/mol. The maximum Gasteiger partial charge on any atom is 0.220 e. The first-order valence-corrected chi connectivity index (χ1v) is 11.4. The van der Waals surface area contributed by atoms with Crippen LogP contribution in [0, 0.1) is 0 Å². The SMILES string of the molecule is CO[C@@]1(C)O[C@@H]2[C@H](OCc3ccccc3)C=C(COCc3ccccc3)C[C@H]2O[C@]1(C)OC. The van der Waals surface area contributed by atoms with Gasteiger partial charge in [0.2, 0.25) is 11.6 Å². The average molecular weight is 455 g/mol. The first-order valence-electron chi connectivity index (χ1n) is 11.4. The Morgan fingerprint density at radius 1 is 0.788 bits per heavy atom. The molecule has 5 atom stereocenters. The van der Waals surface area contributed by atoms with Gasteiger partial charge in [-0.3, -0.25) is 0 Å². The van der Waals surface area contributed by atoms with E-state index in [-0.39, 0.29) is 18.3 Å². The number of hydrogen-bond donors (Lipinski definition) is 0. The molecular weight excluding hydrogens is 420 g/mol. The van der Waals surface area contributed by atoms with Crippen molar-refractivity contribution in [1.82, 2.24) is 0 Å². The van der Waals surface area contributed by atoms with Crippen LogP contribution in [0.25, 0.3) is 0 Å². The van der Waals surface area contributed by atoms with Crippen LogP contribution in [-0.2, 0) is 41.6 Å². The summed E-state index contributed by atoms with van der Waals surface area (Å²) >= 11 is 0. The second kappa shape index (κ2) is 10.5. The maximum atomic E-state index is 6.47. The van der Waals surface area contributed by atoms with Gasteiger partial charge in [-0.25, -0.2) is 0 Å². The topological polar surface area (TPSA) is 55.4 Å². The number of methoxy groups -OCH3 is 2. The third-order valence-electron chi connectivity index (χ3n) is 6.58. The molecule has 2 aliphatic rings. The maximum absolute atomic E-state index is 6.47. The molecule has 6 heteroatoms. The molecule has 0 aromatic heterocycles. The largest absolute Gasteiger partial charge is 0.372 e. The molecule has 0 N–H and O–H groups in total. The lowest BCUT2D eigenvalue weighted by Gasteiger charge is -2.54. The summed E-state index contributed by atoms with van der Waals surface area (Å²) in [6.45, 7) is 5.20. The van der Waals surface area contributed by atoms with E-state index in [2.05, 4.69) is 18.2 Å². The van der Waals surface area contributed by atoms with Crippen molar-refractivity contribution in [1.29, 1.82) is 0 Å². The lowest BCUT2D eigenvalue weighted by atomic mass is 9.89. The van der Waals surface area contributed by atoms with E-state index in [0.717, 1.165) is 16.7 Å². The molecule has 2 aromatic carbocycles. The van der Waals surface area contributed by atoms with Crippen LogP contribution in [0.3, 0.4) is 0 Å². The summed E-state index contributed by atoms with van der Waals surface area (Å²) in [6.07, 6.45) is 1.89. The van der Waals surface area contributed by atoms with Crippen molar-refractivity contribution >= 4 is 0 Å². The molecule has 0 radical (unpaired) electrons. The zero-order chi connectivity index (χ0) is 23.3. The highest BCUT2D eigenvalue weighted by atomic mass is 16.8. The average Bonchev–Trinajstić information content (AvgIpc) is 2.85. The minimum Gasteiger partial charge on any atom is -0.372 e. The van der Waals surface area contributed by atoms with E-state index in [1.807, 2.05) is 62.4 Å². The van der Waals surface area contributed by atoms with E-state index < -0.39 is 11.6 Å². The molecule has 1 aliphatic carbocycles. The summed E-state index contributed by atoms with van der Waals surface area (Å²) in [4.78, 5) is 0. The van der Waals surface area contributed by atoms with Crippen molar-refractivity contribution in [2.75, 3.05) is 20.8 Å². The first-order chi connectivity index (χ1) is 16.0. The highest BCUT2D eigenvalue weighted by Gasteiger charge is 2.58. The van der Waals surface area contributed by atoms with E-state index in [4.69, 9.17) is 28.4 Å². The molecule has 178 valence electrons. The van der Waals surface area contributed by atoms with Crippen LogP contribution in [0.15, 0.2) is 72.3 Å². The van der Waals surface area contributed by atoms with Crippen molar-refractivity contribution in [3.05, 3.63) is 83.4 Å². The first kappa shape index (κ1) is 24.1. The molecule has 0 amide bonds. The molecule has 2 aromatic rings. The van der Waals surface area contributed by atoms with Crippen LogP contribution in [-0.4, -0.2) is 50.7 Å². The Labute approximate surface area is 196 Å². The van der Waals surface area contributed by atoms with Gasteiger partial charge < -0.3 is 28.4 Å². The monoisotopic (exact) mass is 454 g/mol. The fourth-order valence-electron chi connectivity index (χ4n) is 4.35. The Bertz CT molecular complexity index is 917. The van der Waals surface area contributed by atoms with Crippen molar-refractivity contribution in [2.45, 2.75) is 63.4 Å². The Hall–Kier alpha value is -2.06. The number of benzene rings is 2. The van der Waals surface area contributed by atoms with Gasteiger partial charge in [0.25, 0.3) is 0 Å². The highest BCUT2D eigenvalue weighted by molar-refractivity contribution is 5.19. The van der Waals surface area contributed by atoms with Gasteiger partial charge >= 0.3 is 0 Å². The van der Waals surface area contributed by atoms with Gasteiger partial charge in [0.15, 0.2) is 0 Å². The van der Waals surface area contributed by atoms with Crippen molar-refractivity contribution in [2.24, 2.45) is 0 Å². The molecule has 1 aliphatic heterocycles. The normalized spacial score (nSPS) is 31.6. The molecule has 0 saturated carbocycles. The summed E-state index contributed by atoms with van der Waals surface area (Å²) < 4.78 is 36.7. The van der Waals surface area contributed by atoms with E-state index >= 15 is 0 Å². The Morgan fingerprint density at radius 3 is 1.97 bits per heavy atom. The molecule has 1 saturated heterocycles. The van der Waals surface area contributed by atoms with Gasteiger partial charge in [-0.15, -0.1) is 0 Å². The fourth-order valence-corrected chi connectivity index (χ4v) is 4.35. The highest BCUT2D eigenvalue weighted by Crippen LogP contribution is 2.43. The quantitative estimate of drug-likeness (QED) is 0.515. The lowest BCUT2D eigenvalue weighted by molar-refractivity contribution is -0.454. The van der Waals surface area contributed by atoms with Gasteiger partial charge in [-0.2, -0.15) is 0 Å². The van der Waals surface area contributed by atoms with Crippen LogP contribution in [0.1, 0.15) is 31.4 Å². The smallest absolute Gasteiger partial charge is 0.220 e. The standard InChI is InChI=1S/C27H34O6/c1-26(28-3)27(2,29-4)33-25-23(31-19-21-13-9-6-10-14-21)15-22(16-24(25)32-26)18-30-17-20-11-7-5-8-12-20/h5-15,23-25H,16-19H2,1-4H3/t23-,24-,25-,26+,27+/m1/s1. The van der Waals surface area contributed by atoms with E-state index in [0.29, 0.717) is 26.2 Å². The number of rotatable bonds is 9. The summed E-state index contributed by atoms with van der Waals surface area (Å²) in [5.74, 6) is -2.13. The zero-order valence-corrected chi connectivity index (χ0v) is 19.9. The third kappa shape index (κ3) is 5.38. The molecule has 0 bridgehead atoms. The Morgan fingerprint density at radius 2 is 1.36 bits per heavy atom. The van der Waals surface area contributed by atoms with E-state index in [1.165, 1.54) is 0 Å². The second-order valence-corrected chi connectivity index (χ2v) is 8.81. The molecule has 0 spiro atoms. The van der Waals surface area contributed by atoms with E-state index in [1.54, 1.807) is 14.2 Å². The molecule has 1 heterocycles. The molecule has 6 nitrogen and oxygen atoms in total. The zero-order valence-electron chi connectivity index (χ0n) is 19.9. The van der Waals surface area contributed by atoms with Crippen LogP contribution < -0.4 is 0 Å². The third-order valence-corrected chi connectivity index (χ3v) is 6.58. The van der Waals surface area contributed by atoms with Gasteiger partial charge in [0, 0.05) is 14.2 Å². The van der Waals surface area contributed by atoms with Crippen molar-refractivity contribution in [3.8, 4) is 0 Å². The van der Waals surface area contributed by atoms with Crippen LogP contribution >= 0.6 is 0 Å². The summed E-state index contributed by atoms with van der Waals surface area (Å²) in [6, 6.07) is 20.3. The minimum atomic E-state index is -1.08. The molecule has 1 fully saturated rings. The van der Waals surface area contributed by atoms with Gasteiger partial charge in [0.05, 0.1) is 25.9 Å². The number of hydrogen-bond acceptors (Lipinski definition) is 6. The van der Waals surface area contributed by atoms with Crippen molar-refractivity contribution < 1.29 is 28.4 Å². The van der Waals surface area contributed by atoms with Crippen LogP contribution in [0.5, 0.6) is 0 Å². The Kier molecular flexibility index (Phi) is 7.64.